The van der Waals surface area contributed by atoms with E-state index in [2.05, 4.69) is 0 Å². The molecule has 6 nitrogen and oxygen atoms in total. The van der Waals surface area contributed by atoms with Crippen molar-refractivity contribution in [3.8, 4) is 0 Å². The van der Waals surface area contributed by atoms with Crippen molar-refractivity contribution in [1.82, 2.24) is 0 Å². The fraction of sp³-hybridized carbons (Fsp3) is 0.619. The van der Waals surface area contributed by atoms with Crippen molar-refractivity contribution in [3.63, 3.8) is 0 Å². The van der Waals surface area contributed by atoms with Crippen LogP contribution in [-0.4, -0.2) is 61.4 Å². The average molecular weight is 376 g/mol. The maximum absolute atomic E-state index is 13.1. The molecule has 1 saturated heterocycles. The van der Waals surface area contributed by atoms with E-state index >= 15 is 0 Å². The van der Waals surface area contributed by atoms with Gasteiger partial charge in [0.1, 0.15) is 6.54 Å². The van der Waals surface area contributed by atoms with Gasteiger partial charge in [-0.05, 0) is 18.4 Å². The Kier molecular flexibility index (Phi) is 5.86. The lowest BCUT2D eigenvalue weighted by molar-refractivity contribution is -0.891. The van der Waals surface area contributed by atoms with Gasteiger partial charge >= 0.3 is 11.9 Å². The number of carbonyl (C=O) groups is 2. The highest BCUT2D eigenvalue weighted by Gasteiger charge is 2.49. The number of quaternary nitrogens is 1. The van der Waals surface area contributed by atoms with E-state index in [9.17, 15) is 14.7 Å². The average Bonchev–Trinajstić information content (AvgIpc) is 3.32. The molecule has 3 atom stereocenters. The number of ether oxygens (including phenoxy) is 2. The quantitative estimate of drug-likeness (QED) is 0.607. The summed E-state index contributed by atoms with van der Waals surface area (Å²) in [4.78, 5) is 24.8. The summed E-state index contributed by atoms with van der Waals surface area (Å²) in [5, 5.41) is 11.5. The Labute approximate surface area is 160 Å². The molecule has 1 saturated carbocycles. The van der Waals surface area contributed by atoms with Gasteiger partial charge in [0, 0.05) is 12.3 Å². The van der Waals surface area contributed by atoms with E-state index in [4.69, 9.17) is 9.47 Å². The van der Waals surface area contributed by atoms with E-state index in [-0.39, 0.29) is 24.5 Å². The molecule has 1 aliphatic carbocycles. The normalized spacial score (nSPS) is 27.9. The number of esters is 2. The van der Waals surface area contributed by atoms with Gasteiger partial charge in [-0.3, -0.25) is 0 Å². The second-order valence-corrected chi connectivity index (χ2v) is 8.19. The summed E-state index contributed by atoms with van der Waals surface area (Å²) < 4.78 is 11.1. The number of likely N-dealkylation sites (tertiary alicyclic amines) is 1. The van der Waals surface area contributed by atoms with Crippen LogP contribution in [0.1, 0.15) is 37.7 Å². The minimum Gasteiger partial charge on any atom is -0.465 e. The molecule has 1 heterocycles. The zero-order valence-corrected chi connectivity index (χ0v) is 16.2. The Morgan fingerprint density at radius 3 is 2.48 bits per heavy atom. The molecule has 2 aliphatic rings. The van der Waals surface area contributed by atoms with E-state index in [0.717, 1.165) is 32.2 Å². The van der Waals surface area contributed by atoms with Crippen LogP contribution < -0.4 is 0 Å². The SMILES string of the molecule is COC(=O)C[N+]1(C)CCC(OC(=O)[C@](O)(c2ccccc2)C2CCCC2)C1. The van der Waals surface area contributed by atoms with Crippen molar-refractivity contribution >= 4 is 11.9 Å². The summed E-state index contributed by atoms with van der Waals surface area (Å²) in [6.45, 7) is 1.55. The van der Waals surface area contributed by atoms with Crippen molar-refractivity contribution < 1.29 is 28.7 Å². The van der Waals surface area contributed by atoms with E-state index in [1.807, 2.05) is 25.2 Å². The summed E-state index contributed by atoms with van der Waals surface area (Å²) >= 11 is 0. The first-order valence-electron chi connectivity index (χ1n) is 9.77. The zero-order valence-electron chi connectivity index (χ0n) is 16.2. The maximum atomic E-state index is 13.1. The number of carbonyl (C=O) groups excluding carboxylic acids is 2. The number of nitrogens with zero attached hydrogens (tertiary/aromatic N) is 1. The van der Waals surface area contributed by atoms with Crippen LogP contribution in [0.15, 0.2) is 30.3 Å². The lowest BCUT2D eigenvalue weighted by Crippen LogP contribution is -2.48. The molecule has 1 aromatic rings. The van der Waals surface area contributed by atoms with E-state index in [1.165, 1.54) is 7.11 Å². The number of hydrogen-bond donors (Lipinski definition) is 1. The topological polar surface area (TPSA) is 72.8 Å². The molecule has 0 amide bonds. The molecule has 2 unspecified atom stereocenters. The van der Waals surface area contributed by atoms with Gasteiger partial charge in [0.05, 0.1) is 20.7 Å². The standard InChI is InChI=1S/C21H30NO5/c1-22(15-19(23)26-2)13-12-18(14-22)27-20(24)21(25,17-10-6-7-11-17)16-8-4-3-5-9-16/h3-5,8-9,17-18,25H,6-7,10-15H2,1-2H3/q+1/t18?,21-,22?/m0/s1. The van der Waals surface area contributed by atoms with Gasteiger partial charge in [0.25, 0.3) is 0 Å². The lowest BCUT2D eigenvalue weighted by atomic mass is 9.80. The Hall–Kier alpha value is -1.92. The predicted octanol–water partition coefficient (Wildman–Crippen LogP) is 2.00. The van der Waals surface area contributed by atoms with Crippen LogP contribution in [0.25, 0.3) is 0 Å². The number of aliphatic hydroxyl groups is 1. The molecule has 0 bridgehead atoms. The maximum Gasteiger partial charge on any atom is 0.361 e. The van der Waals surface area contributed by atoms with Gasteiger partial charge in [-0.2, -0.15) is 0 Å². The van der Waals surface area contributed by atoms with Gasteiger partial charge in [-0.15, -0.1) is 0 Å². The van der Waals surface area contributed by atoms with E-state index in [0.29, 0.717) is 23.0 Å². The Morgan fingerprint density at radius 1 is 1.19 bits per heavy atom. The molecule has 1 aliphatic heterocycles. The number of likely N-dealkylation sites (N-methyl/N-ethyl adjacent to an activating group) is 1. The summed E-state index contributed by atoms with van der Waals surface area (Å²) in [5.74, 6) is -0.946. The summed E-state index contributed by atoms with van der Waals surface area (Å²) in [7, 11) is 3.34. The predicted molar refractivity (Wildman–Crippen MR) is 99.6 cm³/mol. The smallest absolute Gasteiger partial charge is 0.361 e. The Bertz CT molecular complexity index is 672. The minimum absolute atomic E-state index is 0.121. The van der Waals surface area contributed by atoms with Crippen molar-refractivity contribution in [1.29, 1.82) is 0 Å². The van der Waals surface area contributed by atoms with Crippen molar-refractivity contribution in [2.45, 2.75) is 43.8 Å². The van der Waals surface area contributed by atoms with Crippen molar-refractivity contribution in [2.24, 2.45) is 5.92 Å². The van der Waals surface area contributed by atoms with Crippen LogP contribution >= 0.6 is 0 Å². The van der Waals surface area contributed by atoms with Gasteiger partial charge in [0.2, 0.25) is 0 Å². The molecule has 1 aromatic carbocycles. The molecule has 0 aromatic heterocycles. The fourth-order valence-electron chi connectivity index (χ4n) is 4.54. The van der Waals surface area contributed by atoms with E-state index in [1.54, 1.807) is 12.1 Å². The van der Waals surface area contributed by atoms with Gasteiger partial charge in [0.15, 0.2) is 18.2 Å². The monoisotopic (exact) mass is 376 g/mol. The minimum atomic E-state index is -1.61. The van der Waals surface area contributed by atoms with Crippen molar-refractivity contribution in [2.75, 3.05) is 33.8 Å². The molecule has 148 valence electrons. The molecular weight excluding hydrogens is 346 g/mol. The fourth-order valence-corrected chi connectivity index (χ4v) is 4.54. The summed E-state index contributed by atoms with van der Waals surface area (Å²) in [6, 6.07) is 9.14. The van der Waals surface area contributed by atoms with E-state index < -0.39 is 11.6 Å². The number of benzene rings is 1. The molecule has 2 fully saturated rings. The largest absolute Gasteiger partial charge is 0.465 e. The summed E-state index contributed by atoms with van der Waals surface area (Å²) in [6.07, 6.45) is 4.05. The van der Waals surface area contributed by atoms with Crippen molar-refractivity contribution in [3.05, 3.63) is 35.9 Å². The highest BCUT2D eigenvalue weighted by molar-refractivity contribution is 5.81. The van der Waals surface area contributed by atoms with Crippen LogP contribution in [-0.2, 0) is 24.7 Å². The van der Waals surface area contributed by atoms with Crippen LogP contribution in [0.3, 0.4) is 0 Å². The van der Waals surface area contributed by atoms with Crippen LogP contribution in [0.2, 0.25) is 0 Å². The Balaban J connectivity index is 1.73. The third kappa shape index (κ3) is 4.17. The van der Waals surface area contributed by atoms with Gasteiger partial charge in [-0.25, -0.2) is 9.59 Å². The zero-order chi connectivity index (χ0) is 19.5. The molecule has 27 heavy (non-hydrogen) atoms. The molecule has 0 spiro atoms. The molecule has 3 rings (SSSR count). The third-order valence-corrected chi connectivity index (χ3v) is 6.12. The van der Waals surface area contributed by atoms with Gasteiger partial charge in [-0.1, -0.05) is 43.2 Å². The second-order valence-electron chi connectivity index (χ2n) is 8.19. The first-order chi connectivity index (χ1) is 12.9. The second kappa shape index (κ2) is 7.98. The number of rotatable bonds is 6. The third-order valence-electron chi connectivity index (χ3n) is 6.12. The van der Waals surface area contributed by atoms with Crippen LogP contribution in [0.5, 0.6) is 0 Å². The molecule has 0 radical (unpaired) electrons. The molecular formula is C21H30NO5+. The summed E-state index contributed by atoms with van der Waals surface area (Å²) in [5.41, 5.74) is -1.00. The first kappa shape index (κ1) is 19.8. The highest BCUT2D eigenvalue weighted by Crippen LogP contribution is 2.42. The molecule has 6 heteroatoms. The van der Waals surface area contributed by atoms with Crippen LogP contribution in [0, 0.1) is 5.92 Å². The van der Waals surface area contributed by atoms with Gasteiger partial charge < -0.3 is 19.1 Å². The number of hydrogen-bond acceptors (Lipinski definition) is 5. The first-order valence-corrected chi connectivity index (χ1v) is 9.77. The highest BCUT2D eigenvalue weighted by atomic mass is 16.6. The lowest BCUT2D eigenvalue weighted by Gasteiger charge is -2.33. The van der Waals surface area contributed by atoms with Crippen LogP contribution in [0.4, 0.5) is 0 Å². The Morgan fingerprint density at radius 2 is 1.85 bits per heavy atom. The molecule has 1 N–H and O–H groups in total. The number of methoxy groups -OCH3 is 1.